The van der Waals surface area contributed by atoms with E-state index in [0.29, 0.717) is 25.6 Å². The number of carbonyl (C=O) groups excluding carboxylic acids is 1. The van der Waals surface area contributed by atoms with Gasteiger partial charge in [0.1, 0.15) is 0 Å². The highest BCUT2D eigenvalue weighted by Crippen LogP contribution is 2.18. The zero-order valence-corrected chi connectivity index (χ0v) is 12.8. The Kier molecular flexibility index (Phi) is 6.05. The molecule has 1 aliphatic rings. The Hall–Kier alpha value is -1.55. The molecule has 2 rings (SSSR count). The van der Waals surface area contributed by atoms with Crippen molar-refractivity contribution in [3.05, 3.63) is 30.3 Å². The second-order valence-electron chi connectivity index (χ2n) is 5.83. The molecule has 0 aliphatic heterocycles. The Morgan fingerprint density at radius 3 is 2.62 bits per heavy atom. The summed E-state index contributed by atoms with van der Waals surface area (Å²) in [6.07, 6.45) is 4.88. The maximum Gasteiger partial charge on any atom is 0.239 e. The molecule has 1 atom stereocenters. The highest BCUT2D eigenvalue weighted by molar-refractivity contribution is 5.81. The number of aliphatic hydroxyl groups excluding tert-OH is 1. The van der Waals surface area contributed by atoms with Gasteiger partial charge >= 0.3 is 0 Å². The average Bonchev–Trinajstić information content (AvgIpc) is 3.00. The average molecular weight is 290 g/mol. The standard InChI is InChI=1S/C17H26N2O2/c1-2-16(20)12-19(15-10-4-3-5-11-15)13-17(21)18-14-8-6-7-9-14/h3-5,10-11,14,16,20H,2,6-9,12-13H2,1H3,(H,18,21)/t16-/m0/s1. The normalized spacial score (nSPS) is 16.7. The third kappa shape index (κ3) is 5.05. The molecule has 4 nitrogen and oxygen atoms in total. The van der Waals surface area contributed by atoms with Gasteiger partial charge in [0.05, 0.1) is 12.6 Å². The van der Waals surface area contributed by atoms with Crippen molar-refractivity contribution in [2.24, 2.45) is 0 Å². The number of amides is 1. The number of anilines is 1. The van der Waals surface area contributed by atoms with Crippen molar-refractivity contribution < 1.29 is 9.90 Å². The van der Waals surface area contributed by atoms with Crippen molar-refractivity contribution in [3.63, 3.8) is 0 Å². The van der Waals surface area contributed by atoms with Crippen LogP contribution in [0.25, 0.3) is 0 Å². The Labute approximate surface area is 127 Å². The number of nitrogens with one attached hydrogen (secondary N) is 1. The lowest BCUT2D eigenvalue weighted by atomic mass is 10.2. The van der Waals surface area contributed by atoms with E-state index in [2.05, 4.69) is 5.32 Å². The number of nitrogens with zero attached hydrogens (tertiary/aromatic N) is 1. The number of para-hydroxylation sites is 1. The number of carbonyl (C=O) groups is 1. The third-order valence-electron chi connectivity index (χ3n) is 4.08. The number of hydrogen-bond acceptors (Lipinski definition) is 3. The fourth-order valence-corrected chi connectivity index (χ4v) is 2.80. The van der Waals surface area contributed by atoms with Gasteiger partial charge in [-0.3, -0.25) is 4.79 Å². The van der Waals surface area contributed by atoms with Gasteiger partial charge in [0.25, 0.3) is 0 Å². The Balaban J connectivity index is 1.96. The van der Waals surface area contributed by atoms with Crippen LogP contribution in [0.5, 0.6) is 0 Å². The Morgan fingerprint density at radius 1 is 1.33 bits per heavy atom. The van der Waals surface area contributed by atoms with Crippen LogP contribution in [0, 0.1) is 0 Å². The van der Waals surface area contributed by atoms with Gasteiger partial charge in [0, 0.05) is 18.3 Å². The SMILES string of the molecule is CC[C@H](O)CN(CC(=O)NC1CCCC1)c1ccccc1. The van der Waals surface area contributed by atoms with Gasteiger partial charge in [-0.15, -0.1) is 0 Å². The van der Waals surface area contributed by atoms with Gasteiger partial charge in [-0.1, -0.05) is 38.0 Å². The quantitative estimate of drug-likeness (QED) is 0.810. The monoisotopic (exact) mass is 290 g/mol. The number of hydrogen-bond donors (Lipinski definition) is 2. The van der Waals surface area contributed by atoms with Crippen molar-refractivity contribution in [1.29, 1.82) is 0 Å². The van der Waals surface area contributed by atoms with Gasteiger partial charge < -0.3 is 15.3 Å². The second kappa shape index (κ2) is 8.03. The first-order chi connectivity index (χ1) is 10.2. The van der Waals surface area contributed by atoms with E-state index in [0.717, 1.165) is 18.5 Å². The molecule has 21 heavy (non-hydrogen) atoms. The highest BCUT2D eigenvalue weighted by Gasteiger charge is 2.20. The zero-order chi connectivity index (χ0) is 15.1. The van der Waals surface area contributed by atoms with Gasteiger partial charge in [0.15, 0.2) is 0 Å². The van der Waals surface area contributed by atoms with Gasteiger partial charge in [-0.05, 0) is 31.4 Å². The number of rotatable bonds is 7. The fraction of sp³-hybridized carbons (Fsp3) is 0.588. The summed E-state index contributed by atoms with van der Waals surface area (Å²) in [7, 11) is 0. The predicted octanol–water partition coefficient (Wildman–Crippen LogP) is 2.32. The number of benzene rings is 1. The summed E-state index contributed by atoms with van der Waals surface area (Å²) in [5, 5.41) is 13.0. The Morgan fingerprint density at radius 2 is 2.00 bits per heavy atom. The molecule has 0 bridgehead atoms. The van der Waals surface area contributed by atoms with Crippen LogP contribution in [0.2, 0.25) is 0 Å². The number of aliphatic hydroxyl groups is 1. The molecule has 2 N–H and O–H groups in total. The van der Waals surface area contributed by atoms with Crippen molar-refractivity contribution in [2.75, 3.05) is 18.0 Å². The summed E-state index contributed by atoms with van der Waals surface area (Å²) < 4.78 is 0. The molecular formula is C17H26N2O2. The first-order valence-corrected chi connectivity index (χ1v) is 7.96. The van der Waals surface area contributed by atoms with E-state index < -0.39 is 6.10 Å². The molecule has 0 aromatic heterocycles. The van der Waals surface area contributed by atoms with Crippen LogP contribution in [-0.4, -0.2) is 36.2 Å². The van der Waals surface area contributed by atoms with Gasteiger partial charge in [0.2, 0.25) is 5.91 Å². The maximum atomic E-state index is 12.2. The van der Waals surface area contributed by atoms with E-state index in [1.165, 1.54) is 12.8 Å². The lowest BCUT2D eigenvalue weighted by Gasteiger charge is -2.27. The van der Waals surface area contributed by atoms with Crippen LogP contribution < -0.4 is 10.2 Å². The third-order valence-corrected chi connectivity index (χ3v) is 4.08. The molecule has 0 spiro atoms. The summed E-state index contributed by atoms with van der Waals surface area (Å²) in [4.78, 5) is 14.2. The summed E-state index contributed by atoms with van der Waals surface area (Å²) in [5.74, 6) is 0.0501. The van der Waals surface area contributed by atoms with E-state index in [1.54, 1.807) is 0 Å². The lowest BCUT2D eigenvalue weighted by Crippen LogP contribution is -2.43. The van der Waals surface area contributed by atoms with Crippen LogP contribution in [-0.2, 0) is 4.79 Å². The van der Waals surface area contributed by atoms with Crippen LogP contribution in [0.3, 0.4) is 0 Å². The fourth-order valence-electron chi connectivity index (χ4n) is 2.80. The summed E-state index contributed by atoms with van der Waals surface area (Å²) in [6.45, 7) is 2.74. The topological polar surface area (TPSA) is 52.6 Å². The van der Waals surface area contributed by atoms with Crippen LogP contribution in [0.4, 0.5) is 5.69 Å². The predicted molar refractivity (Wildman–Crippen MR) is 85.4 cm³/mol. The first-order valence-electron chi connectivity index (χ1n) is 7.96. The zero-order valence-electron chi connectivity index (χ0n) is 12.8. The molecule has 0 radical (unpaired) electrons. The summed E-state index contributed by atoms with van der Waals surface area (Å²) >= 11 is 0. The van der Waals surface area contributed by atoms with Crippen LogP contribution >= 0.6 is 0 Å². The van der Waals surface area contributed by atoms with E-state index in [1.807, 2.05) is 42.2 Å². The van der Waals surface area contributed by atoms with Crippen LogP contribution in [0.15, 0.2) is 30.3 Å². The molecule has 4 heteroatoms. The second-order valence-corrected chi connectivity index (χ2v) is 5.83. The smallest absolute Gasteiger partial charge is 0.239 e. The van der Waals surface area contributed by atoms with E-state index >= 15 is 0 Å². The summed E-state index contributed by atoms with van der Waals surface area (Å²) in [5.41, 5.74) is 0.978. The highest BCUT2D eigenvalue weighted by atomic mass is 16.3. The van der Waals surface area contributed by atoms with Crippen molar-refractivity contribution in [1.82, 2.24) is 5.32 Å². The minimum absolute atomic E-state index is 0.0501. The van der Waals surface area contributed by atoms with E-state index in [4.69, 9.17) is 0 Å². The lowest BCUT2D eigenvalue weighted by molar-refractivity contribution is -0.120. The molecule has 1 aromatic rings. The molecule has 1 saturated carbocycles. The van der Waals surface area contributed by atoms with Crippen molar-refractivity contribution in [3.8, 4) is 0 Å². The largest absolute Gasteiger partial charge is 0.391 e. The minimum atomic E-state index is -0.413. The molecule has 1 aliphatic carbocycles. The molecule has 116 valence electrons. The molecule has 1 fully saturated rings. The van der Waals surface area contributed by atoms with E-state index in [-0.39, 0.29) is 5.91 Å². The molecule has 0 saturated heterocycles. The summed E-state index contributed by atoms with van der Waals surface area (Å²) in [6, 6.07) is 10.2. The minimum Gasteiger partial charge on any atom is -0.391 e. The molecule has 1 aromatic carbocycles. The molecular weight excluding hydrogens is 264 g/mol. The van der Waals surface area contributed by atoms with Gasteiger partial charge in [-0.25, -0.2) is 0 Å². The molecule has 0 unspecified atom stereocenters. The van der Waals surface area contributed by atoms with Crippen molar-refractivity contribution in [2.45, 2.75) is 51.2 Å². The maximum absolute atomic E-state index is 12.2. The van der Waals surface area contributed by atoms with Crippen LogP contribution in [0.1, 0.15) is 39.0 Å². The van der Waals surface area contributed by atoms with Crippen molar-refractivity contribution >= 4 is 11.6 Å². The van der Waals surface area contributed by atoms with E-state index in [9.17, 15) is 9.90 Å². The Bertz CT molecular complexity index is 430. The first kappa shape index (κ1) is 15.8. The molecule has 1 amide bonds. The van der Waals surface area contributed by atoms with Gasteiger partial charge in [-0.2, -0.15) is 0 Å². The molecule has 0 heterocycles.